The van der Waals surface area contributed by atoms with Crippen LogP contribution in [0.4, 0.5) is 4.79 Å². The summed E-state index contributed by atoms with van der Waals surface area (Å²) >= 11 is 0.962. The smallest absolute Gasteiger partial charge is 0.293 e. The Hall–Kier alpha value is -3.51. The molecular formula is C26H23NO4S. The maximum absolute atomic E-state index is 12.8. The number of para-hydroxylation sites is 1. The molecule has 3 aromatic carbocycles. The fourth-order valence-electron chi connectivity index (χ4n) is 3.19. The van der Waals surface area contributed by atoms with Gasteiger partial charge in [0.25, 0.3) is 11.1 Å². The maximum atomic E-state index is 12.8. The molecule has 1 saturated heterocycles. The molecule has 0 spiro atoms. The van der Waals surface area contributed by atoms with Gasteiger partial charge in [-0.15, -0.1) is 0 Å². The van der Waals surface area contributed by atoms with Gasteiger partial charge in [-0.1, -0.05) is 60.2 Å². The molecule has 4 rings (SSSR count). The highest BCUT2D eigenvalue weighted by molar-refractivity contribution is 8.18. The third-order valence-electron chi connectivity index (χ3n) is 4.85. The number of hydrogen-bond donors (Lipinski definition) is 0. The summed E-state index contributed by atoms with van der Waals surface area (Å²) in [4.78, 5) is 26.9. The van der Waals surface area contributed by atoms with Crippen LogP contribution in [0, 0.1) is 6.92 Å². The van der Waals surface area contributed by atoms with E-state index in [4.69, 9.17) is 9.47 Å². The maximum Gasteiger partial charge on any atom is 0.293 e. The van der Waals surface area contributed by atoms with E-state index < -0.39 is 0 Å². The zero-order valence-electron chi connectivity index (χ0n) is 17.7. The van der Waals surface area contributed by atoms with E-state index in [0.29, 0.717) is 23.9 Å². The first-order chi connectivity index (χ1) is 15.6. The summed E-state index contributed by atoms with van der Waals surface area (Å²) in [5.41, 5.74) is 2.86. The summed E-state index contributed by atoms with van der Waals surface area (Å²) in [6.07, 6.45) is 1.73. The lowest BCUT2D eigenvalue weighted by atomic mass is 10.1. The minimum Gasteiger partial charge on any atom is -0.490 e. The minimum atomic E-state index is -0.275. The van der Waals surface area contributed by atoms with Crippen molar-refractivity contribution < 1.29 is 19.1 Å². The van der Waals surface area contributed by atoms with E-state index in [2.05, 4.69) is 0 Å². The summed E-state index contributed by atoms with van der Waals surface area (Å²) in [7, 11) is 0. The summed E-state index contributed by atoms with van der Waals surface area (Å²) in [5, 5.41) is -0.257. The molecule has 32 heavy (non-hydrogen) atoms. The molecule has 0 bridgehead atoms. The standard InChI is InChI=1S/C26H23NO4S/c1-19-10-12-20(13-11-19)18-27-25(28)24(32-26(27)29)17-21-6-5-9-23(16-21)31-15-14-30-22-7-3-2-4-8-22/h2-13,16-17H,14-15,18H2,1H3/b24-17-. The van der Waals surface area contributed by atoms with Gasteiger partial charge in [0.2, 0.25) is 0 Å². The Bertz CT molecular complexity index is 1130. The molecule has 0 atom stereocenters. The quantitative estimate of drug-likeness (QED) is 0.329. The average Bonchev–Trinajstić information content (AvgIpc) is 3.06. The number of carbonyl (C=O) groups is 2. The van der Waals surface area contributed by atoms with Crippen molar-refractivity contribution in [3.8, 4) is 11.5 Å². The normalized spacial score (nSPS) is 14.8. The van der Waals surface area contributed by atoms with Gasteiger partial charge in [0, 0.05) is 0 Å². The summed E-state index contributed by atoms with van der Waals surface area (Å²) in [6, 6.07) is 24.8. The zero-order valence-corrected chi connectivity index (χ0v) is 18.5. The van der Waals surface area contributed by atoms with Crippen LogP contribution in [-0.4, -0.2) is 29.3 Å². The van der Waals surface area contributed by atoms with Crippen LogP contribution in [0.25, 0.3) is 6.08 Å². The Morgan fingerprint density at radius 1 is 0.844 bits per heavy atom. The lowest BCUT2D eigenvalue weighted by molar-refractivity contribution is -0.123. The van der Waals surface area contributed by atoms with Gasteiger partial charge in [-0.2, -0.15) is 0 Å². The third kappa shape index (κ3) is 5.59. The number of benzene rings is 3. The topological polar surface area (TPSA) is 55.8 Å². The number of thioether (sulfide) groups is 1. The van der Waals surface area contributed by atoms with Gasteiger partial charge in [-0.25, -0.2) is 0 Å². The van der Waals surface area contributed by atoms with Gasteiger partial charge in [-0.05, 0) is 60.2 Å². The van der Waals surface area contributed by atoms with Crippen LogP contribution in [0.1, 0.15) is 16.7 Å². The monoisotopic (exact) mass is 445 g/mol. The fraction of sp³-hybridized carbons (Fsp3) is 0.154. The lowest BCUT2D eigenvalue weighted by Crippen LogP contribution is -2.27. The molecule has 0 N–H and O–H groups in total. The number of nitrogens with zero attached hydrogens (tertiary/aromatic N) is 1. The van der Waals surface area contributed by atoms with E-state index in [1.807, 2.05) is 85.8 Å². The molecule has 0 saturated carbocycles. The van der Waals surface area contributed by atoms with Crippen molar-refractivity contribution in [3.05, 3.63) is 100 Å². The largest absolute Gasteiger partial charge is 0.490 e. The SMILES string of the molecule is Cc1ccc(CN2C(=O)S/C(=C\c3cccc(OCCOc4ccccc4)c3)C2=O)cc1. The Morgan fingerprint density at radius 2 is 1.53 bits per heavy atom. The van der Waals surface area contributed by atoms with Crippen molar-refractivity contribution in [3.63, 3.8) is 0 Å². The molecule has 3 aromatic rings. The van der Waals surface area contributed by atoms with Crippen molar-refractivity contribution >= 4 is 29.0 Å². The molecule has 1 heterocycles. The number of carbonyl (C=O) groups excluding carboxylic acids is 2. The highest BCUT2D eigenvalue weighted by Crippen LogP contribution is 2.33. The molecule has 0 aromatic heterocycles. The number of ether oxygens (including phenoxy) is 2. The molecule has 2 amide bonds. The second-order valence-electron chi connectivity index (χ2n) is 7.34. The fourth-order valence-corrected chi connectivity index (χ4v) is 4.03. The van der Waals surface area contributed by atoms with E-state index >= 15 is 0 Å². The molecule has 1 fully saturated rings. The predicted molar refractivity (Wildman–Crippen MR) is 127 cm³/mol. The van der Waals surface area contributed by atoms with Crippen LogP contribution < -0.4 is 9.47 Å². The first kappa shape index (κ1) is 21.7. The van der Waals surface area contributed by atoms with E-state index in [1.165, 1.54) is 4.90 Å². The van der Waals surface area contributed by atoms with E-state index in [9.17, 15) is 9.59 Å². The van der Waals surface area contributed by atoms with Crippen molar-refractivity contribution in [2.24, 2.45) is 0 Å². The number of amides is 2. The predicted octanol–water partition coefficient (Wildman–Crippen LogP) is 5.69. The second-order valence-corrected chi connectivity index (χ2v) is 8.33. The Morgan fingerprint density at radius 3 is 2.28 bits per heavy atom. The zero-order chi connectivity index (χ0) is 22.3. The van der Waals surface area contributed by atoms with Crippen molar-refractivity contribution in [2.75, 3.05) is 13.2 Å². The number of imide groups is 1. The van der Waals surface area contributed by atoms with Crippen molar-refractivity contribution in [1.29, 1.82) is 0 Å². The van der Waals surface area contributed by atoms with E-state index in [1.54, 1.807) is 6.08 Å². The average molecular weight is 446 g/mol. The third-order valence-corrected chi connectivity index (χ3v) is 5.76. The van der Waals surface area contributed by atoms with Crippen molar-refractivity contribution in [1.82, 2.24) is 4.90 Å². The van der Waals surface area contributed by atoms with E-state index in [0.717, 1.165) is 34.2 Å². The highest BCUT2D eigenvalue weighted by atomic mass is 32.2. The van der Waals surface area contributed by atoms with Crippen LogP contribution in [0.15, 0.2) is 83.8 Å². The van der Waals surface area contributed by atoms with Gasteiger partial charge in [-0.3, -0.25) is 14.5 Å². The Balaban J connectivity index is 1.36. The molecule has 1 aliphatic rings. The molecule has 0 radical (unpaired) electrons. The molecule has 1 aliphatic heterocycles. The van der Waals surface area contributed by atoms with Crippen LogP contribution in [0.5, 0.6) is 11.5 Å². The van der Waals surface area contributed by atoms with Gasteiger partial charge >= 0.3 is 0 Å². The van der Waals surface area contributed by atoms with Crippen LogP contribution in [0.2, 0.25) is 0 Å². The first-order valence-electron chi connectivity index (χ1n) is 10.3. The number of rotatable bonds is 8. The summed E-state index contributed by atoms with van der Waals surface area (Å²) < 4.78 is 11.4. The Kier molecular flexibility index (Phi) is 6.92. The number of hydrogen-bond acceptors (Lipinski definition) is 5. The number of aryl methyl sites for hydroxylation is 1. The highest BCUT2D eigenvalue weighted by Gasteiger charge is 2.34. The van der Waals surface area contributed by atoms with Gasteiger partial charge in [0.15, 0.2) is 0 Å². The first-order valence-corrected chi connectivity index (χ1v) is 11.1. The summed E-state index contributed by atoms with van der Waals surface area (Å²) in [6.45, 7) is 3.09. The summed E-state index contributed by atoms with van der Waals surface area (Å²) in [5.74, 6) is 1.20. The van der Waals surface area contributed by atoms with Crippen molar-refractivity contribution in [2.45, 2.75) is 13.5 Å². The molecule has 162 valence electrons. The minimum absolute atomic E-state index is 0.257. The Labute approximate surface area is 191 Å². The molecular weight excluding hydrogens is 422 g/mol. The molecule has 0 unspecified atom stereocenters. The van der Waals surface area contributed by atoms with Gasteiger partial charge in [0.05, 0.1) is 11.4 Å². The van der Waals surface area contributed by atoms with Crippen LogP contribution in [-0.2, 0) is 11.3 Å². The molecule has 0 aliphatic carbocycles. The van der Waals surface area contributed by atoms with Gasteiger partial charge in [0.1, 0.15) is 24.7 Å². The molecule has 6 heteroatoms. The van der Waals surface area contributed by atoms with Gasteiger partial charge < -0.3 is 9.47 Å². The second kappa shape index (κ2) is 10.2. The lowest BCUT2D eigenvalue weighted by Gasteiger charge is -2.12. The van der Waals surface area contributed by atoms with Crippen LogP contribution >= 0.6 is 11.8 Å². The van der Waals surface area contributed by atoms with Crippen LogP contribution in [0.3, 0.4) is 0 Å². The molecule has 5 nitrogen and oxygen atoms in total. The van der Waals surface area contributed by atoms with E-state index in [-0.39, 0.29) is 17.7 Å².